The maximum atomic E-state index is 15.7. The predicted molar refractivity (Wildman–Crippen MR) is 374 cm³/mol. The summed E-state index contributed by atoms with van der Waals surface area (Å²) in [5.41, 5.74) is -2.32. The standard InChI is InChI=1S/C74H110ClF3N12O12/c1-10-45(2)61-70(100)83(5)46(3)65(95)90-39-33-55(90)68(98)85(7)57(42-48-22-12-11-13-23-48)67(97)82(4)44-59(91)79-53(32-30-49-29-31-51(52(75)40-49)74(76,77)78)66(96)89-38-20-28-54(89)64(94)81-73(34-18-19-35-73)72(102)87(9)62(50-26-16-17-27-50)71(101)86(8)58(69(99)88-36-21-37-88)43-60(92)84(6)56(63(93)80-61)41-47-24-14-15-25-47/h29,31,40,45-48,50,53-58,61-62H,10-28,30,32-39,41-44H2,1-9H3,(H,79,91)(H,80,93)(H,81,94)/t45-,46-,53-,54-,55-,56-,57-,58-,61-,62-/m0/s1. The minimum Gasteiger partial charge on any atom is -0.343 e. The number of likely N-dealkylation sites (tertiary alicyclic amines) is 1. The third-order valence-electron chi connectivity index (χ3n) is 24.2. The van der Waals surface area contributed by atoms with Crippen LogP contribution in [0.15, 0.2) is 18.2 Å². The Morgan fingerprint density at radius 1 is 0.608 bits per heavy atom. The number of halogens is 4. The number of alkyl halides is 3. The maximum Gasteiger partial charge on any atom is 0.417 e. The molecule has 0 unspecified atom stereocenters. The molecule has 8 fully saturated rings. The zero-order valence-corrected chi connectivity index (χ0v) is 62.1. The molecule has 3 N–H and O–H groups in total. The van der Waals surface area contributed by atoms with Crippen molar-refractivity contribution in [3.05, 3.63) is 34.3 Å². The molecule has 9 rings (SSSR count). The number of hydrogen-bond acceptors (Lipinski definition) is 12. The second-order valence-corrected chi connectivity index (χ2v) is 31.2. The summed E-state index contributed by atoms with van der Waals surface area (Å²) in [6.07, 6.45) is 8.64. The molecule has 1 aromatic rings. The van der Waals surface area contributed by atoms with E-state index >= 15 is 33.6 Å². The van der Waals surface area contributed by atoms with Crippen LogP contribution in [-0.2, 0) is 70.1 Å². The van der Waals surface area contributed by atoms with Gasteiger partial charge in [-0.2, -0.15) is 13.2 Å². The van der Waals surface area contributed by atoms with Gasteiger partial charge in [0, 0.05) is 68.5 Å². The molecular weight excluding hydrogens is 1340 g/mol. The fraction of sp³-hybridized carbons (Fsp3) is 0.757. The van der Waals surface area contributed by atoms with Crippen LogP contribution in [0.5, 0.6) is 0 Å². The van der Waals surface area contributed by atoms with Gasteiger partial charge in [0.25, 0.3) is 0 Å². The zero-order chi connectivity index (χ0) is 74.2. The van der Waals surface area contributed by atoms with Gasteiger partial charge in [0.05, 0.1) is 23.6 Å². The summed E-state index contributed by atoms with van der Waals surface area (Å²) in [5.74, 6) is -8.06. The van der Waals surface area contributed by atoms with Crippen LogP contribution in [0.25, 0.3) is 0 Å². The number of rotatable bonds is 11. The van der Waals surface area contributed by atoms with Gasteiger partial charge in [0.15, 0.2) is 0 Å². The van der Waals surface area contributed by atoms with Gasteiger partial charge in [-0.3, -0.25) is 57.5 Å². The predicted octanol–water partition coefficient (Wildman–Crippen LogP) is 6.32. The molecule has 0 aromatic heterocycles. The fourth-order valence-electron chi connectivity index (χ4n) is 17.1. The SMILES string of the molecule is CC[C@H](C)[C@@H]1NC(=O)[C@H](CC2CCCC2)N(C)C(=O)C[C@@H](C(=O)N2CCC2)N(C)C(=O)[C@H](C2CCCC2)N(C)C(=O)C2(CCCC2)NC(=O)[C@@H]2CCCN2C(=O)[C@H](CCc2ccc(C(F)(F)F)c(Cl)c2)NC(=O)CN(C)C(=O)[C@H](CC2CCCCC2)N(C)C(=O)[C@@H]2CCN2C(=O)[C@H](C)N(C)C1=O. The summed E-state index contributed by atoms with van der Waals surface area (Å²) in [7, 11) is 8.82. The van der Waals surface area contributed by atoms with E-state index in [0.717, 1.165) is 87.7 Å². The van der Waals surface area contributed by atoms with Crippen molar-refractivity contribution in [2.75, 3.05) is 75.0 Å². The number of benzene rings is 1. The van der Waals surface area contributed by atoms with Crippen molar-refractivity contribution in [3.63, 3.8) is 0 Å². The largest absolute Gasteiger partial charge is 0.417 e. The topological polar surface area (TPSA) is 270 Å². The quantitative estimate of drug-likeness (QED) is 0.220. The van der Waals surface area contributed by atoms with Gasteiger partial charge in [-0.05, 0) is 125 Å². The molecule has 28 heteroatoms. The number of carbonyl (C=O) groups is 12. The lowest BCUT2D eigenvalue weighted by molar-refractivity contribution is -0.160. The van der Waals surface area contributed by atoms with Crippen LogP contribution in [0.2, 0.25) is 5.02 Å². The van der Waals surface area contributed by atoms with Crippen molar-refractivity contribution >= 4 is 82.5 Å². The molecule has 102 heavy (non-hydrogen) atoms. The highest BCUT2D eigenvalue weighted by molar-refractivity contribution is 6.31. The van der Waals surface area contributed by atoms with E-state index in [4.69, 9.17) is 11.6 Å². The number of nitrogens with zero attached hydrogens (tertiary/aromatic N) is 9. The summed E-state index contributed by atoms with van der Waals surface area (Å²) in [6, 6.07) is -7.54. The molecule has 4 aliphatic heterocycles. The first kappa shape index (κ1) is 79.1. The summed E-state index contributed by atoms with van der Waals surface area (Å²) >= 11 is 6.17. The summed E-state index contributed by atoms with van der Waals surface area (Å²) in [5, 5.41) is 8.31. The lowest BCUT2D eigenvalue weighted by Gasteiger charge is -2.45. The molecule has 10 atom stereocenters. The highest BCUT2D eigenvalue weighted by atomic mass is 35.5. The van der Waals surface area contributed by atoms with E-state index in [9.17, 15) is 37.1 Å². The number of hydrogen-bond donors (Lipinski definition) is 3. The van der Waals surface area contributed by atoms with Crippen LogP contribution in [-0.4, -0.2) is 250 Å². The van der Waals surface area contributed by atoms with E-state index in [0.29, 0.717) is 63.6 Å². The van der Waals surface area contributed by atoms with Crippen LogP contribution in [0.4, 0.5) is 13.2 Å². The van der Waals surface area contributed by atoms with Gasteiger partial charge >= 0.3 is 6.18 Å². The summed E-state index contributed by atoms with van der Waals surface area (Å²) in [6.45, 7) is 5.57. The second-order valence-electron chi connectivity index (χ2n) is 30.8. The Balaban J connectivity index is 1.08. The Morgan fingerprint density at radius 3 is 1.79 bits per heavy atom. The average molecular weight is 1450 g/mol. The second kappa shape index (κ2) is 34.2. The van der Waals surface area contributed by atoms with Gasteiger partial charge in [-0.25, -0.2) is 0 Å². The van der Waals surface area contributed by atoms with Crippen molar-refractivity contribution in [1.82, 2.24) is 60.0 Å². The molecule has 4 saturated carbocycles. The Morgan fingerprint density at radius 2 is 1.22 bits per heavy atom. The highest BCUT2D eigenvalue weighted by Gasteiger charge is 2.53. The van der Waals surface area contributed by atoms with E-state index in [2.05, 4.69) is 16.0 Å². The van der Waals surface area contributed by atoms with Crippen LogP contribution in [0, 0.1) is 23.7 Å². The lowest BCUT2D eigenvalue weighted by Crippen LogP contribution is -2.65. The van der Waals surface area contributed by atoms with E-state index in [-0.39, 0.29) is 82.2 Å². The van der Waals surface area contributed by atoms with Crippen molar-refractivity contribution in [2.24, 2.45) is 23.7 Å². The molecule has 1 spiro atoms. The van der Waals surface area contributed by atoms with E-state index in [1.165, 1.54) is 82.7 Å². The molecule has 1 aromatic carbocycles. The molecule has 4 aliphatic carbocycles. The van der Waals surface area contributed by atoms with E-state index in [1.807, 2.05) is 6.92 Å². The van der Waals surface area contributed by atoms with Crippen LogP contribution < -0.4 is 16.0 Å². The summed E-state index contributed by atoms with van der Waals surface area (Å²) < 4.78 is 41.7. The van der Waals surface area contributed by atoms with Crippen LogP contribution in [0.1, 0.15) is 199 Å². The van der Waals surface area contributed by atoms with Gasteiger partial charge < -0.3 is 60.0 Å². The Bertz CT molecular complexity index is 3260. The summed E-state index contributed by atoms with van der Waals surface area (Å²) in [4.78, 5) is 193. The first-order valence-electron chi connectivity index (χ1n) is 37.6. The molecule has 4 heterocycles. The first-order valence-corrected chi connectivity index (χ1v) is 38.0. The van der Waals surface area contributed by atoms with E-state index < -0.39 is 166 Å². The van der Waals surface area contributed by atoms with Gasteiger partial charge in [0.1, 0.15) is 59.9 Å². The number of amides is 12. The number of fused-ring (bicyclic) bond motifs is 2. The van der Waals surface area contributed by atoms with Gasteiger partial charge in [-0.15, -0.1) is 0 Å². The molecular formula is C74H110ClF3N12O12. The number of likely N-dealkylation sites (N-methyl/N-ethyl adjacent to an activating group) is 6. The molecule has 0 radical (unpaired) electrons. The zero-order valence-electron chi connectivity index (χ0n) is 61.3. The number of nitrogens with one attached hydrogen (secondary N) is 3. The lowest BCUT2D eigenvalue weighted by atomic mass is 9.84. The normalized spacial score (nSPS) is 29.1. The monoisotopic (exact) mass is 1450 g/mol. The van der Waals surface area contributed by atoms with E-state index in [1.54, 1.807) is 18.7 Å². The van der Waals surface area contributed by atoms with Crippen LogP contribution in [0.3, 0.4) is 0 Å². The fourth-order valence-corrected chi connectivity index (χ4v) is 17.4. The third-order valence-corrected chi connectivity index (χ3v) is 24.5. The molecule has 8 aliphatic rings. The van der Waals surface area contributed by atoms with Crippen molar-refractivity contribution in [2.45, 2.75) is 260 Å². The molecule has 566 valence electrons. The van der Waals surface area contributed by atoms with Gasteiger partial charge in [0.2, 0.25) is 70.9 Å². The molecule has 24 nitrogen and oxygen atoms in total. The number of aryl methyl sites for hydroxylation is 1. The Kier molecular flexibility index (Phi) is 26.5. The molecule has 0 bridgehead atoms. The van der Waals surface area contributed by atoms with Crippen molar-refractivity contribution in [1.29, 1.82) is 0 Å². The van der Waals surface area contributed by atoms with Crippen molar-refractivity contribution < 1.29 is 70.7 Å². The Labute approximate surface area is 603 Å². The van der Waals surface area contributed by atoms with Gasteiger partial charge in [-0.1, -0.05) is 121 Å². The number of carbonyl (C=O) groups excluding carboxylic acids is 12. The average Bonchev–Trinajstić information content (AvgIpc) is 0.805. The first-order chi connectivity index (χ1) is 48.4. The minimum absolute atomic E-state index is 0.0274. The highest BCUT2D eigenvalue weighted by Crippen LogP contribution is 2.40. The van der Waals surface area contributed by atoms with Crippen LogP contribution >= 0.6 is 11.6 Å². The van der Waals surface area contributed by atoms with Crippen molar-refractivity contribution in [3.8, 4) is 0 Å². The molecule has 4 saturated heterocycles. The Hall–Kier alpha value is -7.06. The third kappa shape index (κ3) is 17.8. The molecule has 12 amide bonds. The maximum absolute atomic E-state index is 15.7. The smallest absolute Gasteiger partial charge is 0.343 e. The minimum atomic E-state index is -4.76.